The molecule has 4 rings (SSSR count). The number of fused-ring (bicyclic) bond motifs is 1. The molecule has 4 nitrogen and oxygen atoms in total. The predicted molar refractivity (Wildman–Crippen MR) is 124 cm³/mol. The maximum absolute atomic E-state index is 12.8. The Morgan fingerprint density at radius 2 is 1.90 bits per heavy atom. The summed E-state index contributed by atoms with van der Waals surface area (Å²) in [6.45, 7) is 10.2. The van der Waals surface area contributed by atoms with E-state index in [4.69, 9.17) is 0 Å². The van der Waals surface area contributed by atoms with Gasteiger partial charge in [0.25, 0.3) is 5.91 Å². The van der Waals surface area contributed by atoms with Gasteiger partial charge in [-0.2, -0.15) is 0 Å². The Morgan fingerprint density at radius 3 is 2.67 bits per heavy atom. The summed E-state index contributed by atoms with van der Waals surface area (Å²) in [4.78, 5) is 15.3. The van der Waals surface area contributed by atoms with E-state index in [2.05, 4.69) is 72.0 Å². The van der Waals surface area contributed by atoms with E-state index in [1.165, 1.54) is 47.0 Å². The second-order valence-corrected chi connectivity index (χ2v) is 8.65. The smallest absolute Gasteiger partial charge is 0.251 e. The van der Waals surface area contributed by atoms with Gasteiger partial charge in [-0.1, -0.05) is 36.8 Å². The summed E-state index contributed by atoms with van der Waals surface area (Å²) in [7, 11) is 0. The Bertz CT molecular complexity index is 1020. The van der Waals surface area contributed by atoms with E-state index in [0.29, 0.717) is 12.6 Å². The van der Waals surface area contributed by atoms with Crippen LogP contribution in [-0.2, 0) is 6.54 Å². The number of piperidine rings is 1. The molecule has 3 aromatic rings. The minimum absolute atomic E-state index is 0.0226. The molecule has 0 saturated carbocycles. The number of hydrogen-bond acceptors (Lipinski definition) is 2. The van der Waals surface area contributed by atoms with Crippen LogP contribution >= 0.6 is 0 Å². The number of rotatable bonds is 6. The van der Waals surface area contributed by atoms with E-state index in [1.807, 2.05) is 12.1 Å². The van der Waals surface area contributed by atoms with Crippen molar-refractivity contribution in [1.82, 2.24) is 14.8 Å². The molecular formula is C26H33N3O. The van der Waals surface area contributed by atoms with Gasteiger partial charge < -0.3 is 9.88 Å². The quantitative estimate of drug-likeness (QED) is 0.635. The number of carbonyl (C=O) groups is 1. The van der Waals surface area contributed by atoms with Gasteiger partial charge in [-0.15, -0.1) is 0 Å². The highest BCUT2D eigenvalue weighted by molar-refractivity contribution is 5.99. The van der Waals surface area contributed by atoms with E-state index in [0.717, 1.165) is 25.2 Å². The number of carbonyl (C=O) groups excluding carboxylic acids is 1. The van der Waals surface area contributed by atoms with E-state index in [9.17, 15) is 4.79 Å². The van der Waals surface area contributed by atoms with Crippen LogP contribution in [0.25, 0.3) is 10.9 Å². The van der Waals surface area contributed by atoms with E-state index in [-0.39, 0.29) is 5.91 Å². The zero-order valence-electron chi connectivity index (χ0n) is 18.4. The van der Waals surface area contributed by atoms with Crippen molar-refractivity contribution < 1.29 is 4.79 Å². The molecule has 4 heteroatoms. The van der Waals surface area contributed by atoms with Crippen molar-refractivity contribution in [3.05, 3.63) is 70.9 Å². The first-order chi connectivity index (χ1) is 14.5. The summed E-state index contributed by atoms with van der Waals surface area (Å²) in [6.07, 6.45) is 3.86. The molecule has 1 aromatic heterocycles. The largest absolute Gasteiger partial charge is 0.351 e. The van der Waals surface area contributed by atoms with Gasteiger partial charge in [-0.05, 0) is 69.5 Å². The third-order valence-corrected chi connectivity index (χ3v) is 6.71. The molecule has 30 heavy (non-hydrogen) atoms. The van der Waals surface area contributed by atoms with Crippen molar-refractivity contribution in [2.75, 3.05) is 19.6 Å². The second kappa shape index (κ2) is 9.05. The molecule has 0 unspecified atom stereocenters. The van der Waals surface area contributed by atoms with E-state index >= 15 is 0 Å². The van der Waals surface area contributed by atoms with Gasteiger partial charge >= 0.3 is 0 Å². The molecule has 1 saturated heterocycles. The van der Waals surface area contributed by atoms with Crippen LogP contribution in [0.15, 0.2) is 48.5 Å². The fourth-order valence-corrected chi connectivity index (χ4v) is 4.67. The maximum atomic E-state index is 12.8. The molecule has 1 aliphatic rings. The fourth-order valence-electron chi connectivity index (χ4n) is 4.67. The van der Waals surface area contributed by atoms with Gasteiger partial charge in [-0.3, -0.25) is 9.69 Å². The van der Waals surface area contributed by atoms with Gasteiger partial charge in [0.15, 0.2) is 0 Å². The van der Waals surface area contributed by atoms with Crippen molar-refractivity contribution in [3.8, 4) is 0 Å². The molecule has 1 N–H and O–H groups in total. The lowest BCUT2D eigenvalue weighted by Gasteiger charge is -2.33. The highest BCUT2D eigenvalue weighted by atomic mass is 16.1. The van der Waals surface area contributed by atoms with Gasteiger partial charge in [0.1, 0.15) is 0 Å². The predicted octanol–water partition coefficient (Wildman–Crippen LogP) is 4.91. The summed E-state index contributed by atoms with van der Waals surface area (Å²) in [5.74, 6) is 0.0226. The first kappa shape index (κ1) is 20.7. The SMILES string of the molecule is Cc1c(C)n(Cc2ccccc2)c2ccc(C(=O)NCCN3CCCC[C@@H]3C)cc12. The number of nitrogens with one attached hydrogen (secondary N) is 1. The molecule has 1 amide bonds. The van der Waals surface area contributed by atoms with Crippen LogP contribution in [0.1, 0.15) is 53.4 Å². The van der Waals surface area contributed by atoms with Gasteiger partial charge in [-0.25, -0.2) is 0 Å². The average molecular weight is 404 g/mol. The summed E-state index contributed by atoms with van der Waals surface area (Å²) >= 11 is 0. The number of likely N-dealkylation sites (tertiary alicyclic amines) is 1. The van der Waals surface area contributed by atoms with Gasteiger partial charge in [0, 0.05) is 47.8 Å². The number of aromatic nitrogens is 1. The summed E-state index contributed by atoms with van der Waals surface area (Å²) < 4.78 is 2.35. The third kappa shape index (κ3) is 4.29. The molecule has 0 bridgehead atoms. The van der Waals surface area contributed by atoms with E-state index < -0.39 is 0 Å². The molecule has 2 aromatic carbocycles. The van der Waals surface area contributed by atoms with Crippen molar-refractivity contribution in [3.63, 3.8) is 0 Å². The molecule has 2 heterocycles. The second-order valence-electron chi connectivity index (χ2n) is 8.65. The highest BCUT2D eigenvalue weighted by Crippen LogP contribution is 2.27. The van der Waals surface area contributed by atoms with Crippen LogP contribution in [0, 0.1) is 13.8 Å². The van der Waals surface area contributed by atoms with Crippen molar-refractivity contribution in [2.45, 2.75) is 52.6 Å². The lowest BCUT2D eigenvalue weighted by molar-refractivity contribution is 0.0938. The average Bonchev–Trinajstić information content (AvgIpc) is 3.00. The molecular weight excluding hydrogens is 370 g/mol. The third-order valence-electron chi connectivity index (χ3n) is 6.71. The first-order valence-electron chi connectivity index (χ1n) is 11.2. The normalized spacial score (nSPS) is 17.4. The lowest BCUT2D eigenvalue weighted by Crippen LogP contribution is -2.42. The highest BCUT2D eigenvalue weighted by Gasteiger charge is 2.18. The van der Waals surface area contributed by atoms with Crippen LogP contribution in [0.4, 0.5) is 0 Å². The number of hydrogen-bond donors (Lipinski definition) is 1. The van der Waals surface area contributed by atoms with Crippen molar-refractivity contribution >= 4 is 16.8 Å². The van der Waals surface area contributed by atoms with Crippen LogP contribution in [0.2, 0.25) is 0 Å². The Balaban J connectivity index is 1.47. The minimum atomic E-state index is 0.0226. The number of nitrogens with zero attached hydrogens (tertiary/aromatic N) is 2. The molecule has 1 fully saturated rings. The number of aryl methyl sites for hydroxylation is 1. The van der Waals surface area contributed by atoms with Crippen LogP contribution in [0.5, 0.6) is 0 Å². The molecule has 1 atom stereocenters. The Labute approximate surface area is 179 Å². The van der Waals surface area contributed by atoms with E-state index in [1.54, 1.807) is 0 Å². The maximum Gasteiger partial charge on any atom is 0.251 e. The number of benzene rings is 2. The topological polar surface area (TPSA) is 37.3 Å². The summed E-state index contributed by atoms with van der Waals surface area (Å²) in [5, 5.41) is 4.29. The zero-order chi connectivity index (χ0) is 21.1. The standard InChI is InChI=1S/C26H33N3O/c1-19-9-7-8-15-28(19)16-14-27-26(30)23-12-13-25-24(17-23)20(2)21(3)29(25)18-22-10-5-4-6-11-22/h4-6,10-13,17,19H,7-9,14-16,18H2,1-3H3,(H,27,30)/t19-/m0/s1. The van der Waals surface area contributed by atoms with Crippen LogP contribution in [0.3, 0.4) is 0 Å². The van der Waals surface area contributed by atoms with Crippen LogP contribution in [-0.4, -0.2) is 41.1 Å². The molecule has 0 aliphatic carbocycles. The Hall–Kier alpha value is -2.59. The minimum Gasteiger partial charge on any atom is -0.351 e. The molecule has 0 spiro atoms. The Kier molecular flexibility index (Phi) is 6.24. The zero-order valence-corrected chi connectivity index (χ0v) is 18.4. The summed E-state index contributed by atoms with van der Waals surface area (Å²) in [6, 6.07) is 17.3. The molecule has 0 radical (unpaired) electrons. The first-order valence-corrected chi connectivity index (χ1v) is 11.2. The Morgan fingerprint density at radius 1 is 1.10 bits per heavy atom. The van der Waals surface area contributed by atoms with Crippen molar-refractivity contribution in [2.24, 2.45) is 0 Å². The van der Waals surface area contributed by atoms with Crippen LogP contribution < -0.4 is 5.32 Å². The van der Waals surface area contributed by atoms with Gasteiger partial charge in [0.2, 0.25) is 0 Å². The monoisotopic (exact) mass is 403 g/mol. The fraction of sp³-hybridized carbons (Fsp3) is 0.423. The molecule has 1 aliphatic heterocycles. The number of amides is 1. The summed E-state index contributed by atoms with van der Waals surface area (Å²) in [5.41, 5.74) is 5.72. The lowest BCUT2D eigenvalue weighted by atomic mass is 10.0. The van der Waals surface area contributed by atoms with Crippen molar-refractivity contribution in [1.29, 1.82) is 0 Å². The van der Waals surface area contributed by atoms with Gasteiger partial charge in [0.05, 0.1) is 0 Å². The molecule has 158 valence electrons.